The number of benzene rings is 2. The minimum atomic E-state index is -0.307. The molecule has 0 saturated carbocycles. The highest BCUT2D eigenvalue weighted by Crippen LogP contribution is 2.20. The second-order valence-electron chi connectivity index (χ2n) is 5.29. The van der Waals surface area contributed by atoms with Gasteiger partial charge in [-0.05, 0) is 30.2 Å². The summed E-state index contributed by atoms with van der Waals surface area (Å²) in [6.45, 7) is 3.24. The third kappa shape index (κ3) is 3.99. The van der Waals surface area contributed by atoms with Crippen LogP contribution in [0.4, 0.5) is 11.4 Å². The molecule has 2 rings (SSSR count). The minimum absolute atomic E-state index is 0.147. The van der Waals surface area contributed by atoms with Gasteiger partial charge in [0.05, 0.1) is 11.3 Å². The van der Waals surface area contributed by atoms with Gasteiger partial charge in [-0.1, -0.05) is 37.3 Å². The van der Waals surface area contributed by atoms with Gasteiger partial charge in [0.2, 0.25) is 11.8 Å². The van der Waals surface area contributed by atoms with E-state index >= 15 is 0 Å². The molecule has 5 nitrogen and oxygen atoms in total. The quantitative estimate of drug-likeness (QED) is 0.919. The van der Waals surface area contributed by atoms with Crippen LogP contribution in [0.2, 0.25) is 0 Å². The van der Waals surface area contributed by atoms with Crippen molar-refractivity contribution in [2.24, 2.45) is 0 Å². The molecule has 2 amide bonds. The van der Waals surface area contributed by atoms with E-state index in [0.29, 0.717) is 11.3 Å². The van der Waals surface area contributed by atoms with Gasteiger partial charge >= 0.3 is 0 Å². The highest BCUT2D eigenvalue weighted by Gasteiger charge is 2.19. The van der Waals surface area contributed by atoms with Crippen molar-refractivity contribution < 1.29 is 9.59 Å². The summed E-state index contributed by atoms with van der Waals surface area (Å²) in [6, 6.07) is 16.3. The van der Waals surface area contributed by atoms with Crippen LogP contribution < -0.4 is 10.2 Å². The Kier molecular flexibility index (Phi) is 5.69. The van der Waals surface area contributed by atoms with Gasteiger partial charge in [0.15, 0.2) is 0 Å². The summed E-state index contributed by atoms with van der Waals surface area (Å²) in [4.78, 5) is 25.6. The van der Waals surface area contributed by atoms with Gasteiger partial charge in [0.25, 0.3) is 0 Å². The van der Waals surface area contributed by atoms with Crippen LogP contribution in [0.25, 0.3) is 0 Å². The molecule has 122 valence electrons. The Balaban J connectivity index is 2.21. The Morgan fingerprint density at radius 2 is 1.79 bits per heavy atom. The number of amides is 2. The summed E-state index contributed by atoms with van der Waals surface area (Å²) >= 11 is 0. The Bertz CT molecular complexity index is 793. The number of rotatable bonds is 5. The maximum Gasteiger partial charge on any atom is 0.244 e. The monoisotopic (exact) mass is 321 g/mol. The van der Waals surface area contributed by atoms with E-state index in [9.17, 15) is 14.9 Å². The standard InChI is InChI=1S/C19H19N3O2/c1-3-15-8-4-6-10-17(15)21-19(24)13-22(14(2)23)18-11-7-5-9-16(18)12-20/h4-11H,3,13H2,1-2H3,(H,21,24). The number of aryl methyl sites for hydroxylation is 1. The maximum absolute atomic E-state index is 12.4. The van der Waals surface area contributed by atoms with Gasteiger partial charge < -0.3 is 10.2 Å². The Morgan fingerprint density at radius 3 is 2.46 bits per heavy atom. The third-order valence-corrected chi connectivity index (χ3v) is 3.67. The molecule has 0 aliphatic heterocycles. The zero-order valence-corrected chi connectivity index (χ0v) is 13.7. The first-order valence-corrected chi connectivity index (χ1v) is 7.71. The summed E-state index contributed by atoms with van der Waals surface area (Å²) in [5.74, 6) is -0.601. The van der Waals surface area contributed by atoms with Crippen LogP contribution in [0.15, 0.2) is 48.5 Å². The first-order valence-electron chi connectivity index (χ1n) is 7.71. The van der Waals surface area contributed by atoms with Crippen molar-refractivity contribution in [1.82, 2.24) is 0 Å². The predicted octanol–water partition coefficient (Wildman–Crippen LogP) is 3.11. The predicted molar refractivity (Wildman–Crippen MR) is 93.6 cm³/mol. The van der Waals surface area contributed by atoms with E-state index in [2.05, 4.69) is 5.32 Å². The fraction of sp³-hybridized carbons (Fsp3) is 0.211. The fourth-order valence-corrected chi connectivity index (χ4v) is 2.45. The van der Waals surface area contributed by atoms with E-state index < -0.39 is 0 Å². The molecule has 0 fully saturated rings. The lowest BCUT2D eigenvalue weighted by molar-refractivity contribution is -0.120. The molecule has 2 aromatic carbocycles. The van der Waals surface area contributed by atoms with Gasteiger partial charge in [-0.15, -0.1) is 0 Å². The van der Waals surface area contributed by atoms with Crippen LogP contribution in [0, 0.1) is 11.3 Å². The molecule has 0 atom stereocenters. The molecule has 0 aliphatic carbocycles. The fourth-order valence-electron chi connectivity index (χ4n) is 2.45. The normalized spacial score (nSPS) is 9.88. The zero-order valence-electron chi connectivity index (χ0n) is 13.7. The first-order chi connectivity index (χ1) is 11.6. The van der Waals surface area contributed by atoms with Crippen LogP contribution in [-0.2, 0) is 16.0 Å². The molecular formula is C19H19N3O2. The lowest BCUT2D eigenvalue weighted by Crippen LogP contribution is -2.37. The number of hydrogen-bond donors (Lipinski definition) is 1. The van der Waals surface area contributed by atoms with E-state index in [4.69, 9.17) is 0 Å². The maximum atomic E-state index is 12.4. The van der Waals surface area contributed by atoms with Gasteiger partial charge in [-0.2, -0.15) is 5.26 Å². The number of carbonyl (C=O) groups is 2. The van der Waals surface area contributed by atoms with Gasteiger partial charge in [-0.25, -0.2) is 0 Å². The van der Waals surface area contributed by atoms with Gasteiger partial charge in [0, 0.05) is 12.6 Å². The van der Waals surface area contributed by atoms with Crippen LogP contribution in [0.3, 0.4) is 0 Å². The van der Waals surface area contributed by atoms with E-state index in [1.165, 1.54) is 11.8 Å². The van der Waals surface area contributed by atoms with Crippen LogP contribution >= 0.6 is 0 Å². The van der Waals surface area contributed by atoms with Crippen molar-refractivity contribution in [3.63, 3.8) is 0 Å². The highest BCUT2D eigenvalue weighted by molar-refractivity contribution is 6.02. The van der Waals surface area contributed by atoms with Crippen molar-refractivity contribution in [3.05, 3.63) is 59.7 Å². The Labute approximate surface area is 141 Å². The van der Waals surface area contributed by atoms with Gasteiger partial charge in [-0.3, -0.25) is 9.59 Å². The molecule has 0 saturated heterocycles. The average Bonchev–Trinajstić information content (AvgIpc) is 2.60. The minimum Gasteiger partial charge on any atom is -0.324 e. The molecule has 5 heteroatoms. The number of carbonyl (C=O) groups excluding carboxylic acids is 2. The molecule has 0 heterocycles. The summed E-state index contributed by atoms with van der Waals surface area (Å²) in [5, 5.41) is 12.0. The molecule has 0 aromatic heterocycles. The van der Waals surface area contributed by atoms with Crippen molar-refractivity contribution in [2.45, 2.75) is 20.3 Å². The third-order valence-electron chi connectivity index (χ3n) is 3.67. The summed E-state index contributed by atoms with van der Waals surface area (Å²) < 4.78 is 0. The van der Waals surface area contributed by atoms with E-state index in [1.54, 1.807) is 24.3 Å². The van der Waals surface area contributed by atoms with E-state index in [1.807, 2.05) is 37.3 Å². The first kappa shape index (κ1) is 17.2. The number of para-hydroxylation sites is 2. The molecule has 0 aliphatic rings. The van der Waals surface area contributed by atoms with Crippen molar-refractivity contribution in [2.75, 3.05) is 16.8 Å². The van der Waals surface area contributed by atoms with Gasteiger partial charge in [0.1, 0.15) is 12.6 Å². The van der Waals surface area contributed by atoms with E-state index in [0.717, 1.165) is 17.7 Å². The lowest BCUT2D eigenvalue weighted by atomic mass is 10.1. The molecule has 0 radical (unpaired) electrons. The van der Waals surface area contributed by atoms with Crippen molar-refractivity contribution >= 4 is 23.2 Å². The van der Waals surface area contributed by atoms with Crippen LogP contribution in [0.1, 0.15) is 25.0 Å². The number of nitriles is 1. The molecule has 24 heavy (non-hydrogen) atoms. The molecule has 0 spiro atoms. The highest BCUT2D eigenvalue weighted by atomic mass is 16.2. The van der Waals surface area contributed by atoms with Crippen LogP contribution in [0.5, 0.6) is 0 Å². The summed E-state index contributed by atoms with van der Waals surface area (Å²) in [7, 11) is 0. The molecule has 0 bridgehead atoms. The second kappa shape index (κ2) is 7.93. The second-order valence-corrected chi connectivity index (χ2v) is 5.29. The average molecular weight is 321 g/mol. The number of hydrogen-bond acceptors (Lipinski definition) is 3. The number of nitrogens with zero attached hydrogens (tertiary/aromatic N) is 2. The largest absolute Gasteiger partial charge is 0.324 e. The smallest absolute Gasteiger partial charge is 0.244 e. The Hall–Kier alpha value is -3.13. The summed E-state index contributed by atoms with van der Waals surface area (Å²) in [6.07, 6.45) is 0.796. The zero-order chi connectivity index (χ0) is 17.5. The van der Waals surface area contributed by atoms with Crippen LogP contribution in [-0.4, -0.2) is 18.4 Å². The van der Waals surface area contributed by atoms with E-state index in [-0.39, 0.29) is 18.4 Å². The molecule has 2 aromatic rings. The van der Waals surface area contributed by atoms with Crippen molar-refractivity contribution in [3.8, 4) is 6.07 Å². The number of anilines is 2. The Morgan fingerprint density at radius 1 is 1.12 bits per heavy atom. The lowest BCUT2D eigenvalue weighted by Gasteiger charge is -2.22. The molecule has 0 unspecified atom stereocenters. The number of nitrogens with one attached hydrogen (secondary N) is 1. The topological polar surface area (TPSA) is 73.2 Å². The molecule has 1 N–H and O–H groups in total. The molecular weight excluding hydrogens is 302 g/mol. The van der Waals surface area contributed by atoms with Crippen molar-refractivity contribution in [1.29, 1.82) is 5.26 Å². The summed E-state index contributed by atoms with van der Waals surface area (Å²) in [5.41, 5.74) is 2.56. The SMILES string of the molecule is CCc1ccccc1NC(=O)CN(C(C)=O)c1ccccc1C#N.